The van der Waals surface area contributed by atoms with E-state index >= 15 is 0 Å². The van der Waals surface area contributed by atoms with E-state index in [1.165, 1.54) is 18.2 Å². The Morgan fingerprint density at radius 3 is 3.06 bits per heavy atom. The van der Waals surface area contributed by atoms with E-state index in [4.69, 9.17) is 0 Å². The van der Waals surface area contributed by atoms with Crippen LogP contribution in [0.4, 0.5) is 5.69 Å². The number of amides is 1. The fraction of sp³-hybridized carbons (Fsp3) is 0.462. The first-order chi connectivity index (χ1) is 8.08. The van der Waals surface area contributed by atoms with Gasteiger partial charge in [-0.15, -0.1) is 0 Å². The molecule has 17 heavy (non-hydrogen) atoms. The van der Waals surface area contributed by atoms with Gasteiger partial charge in [0.15, 0.2) is 0 Å². The summed E-state index contributed by atoms with van der Waals surface area (Å²) in [5.41, 5.74) is 3.38. The van der Waals surface area contributed by atoms with Gasteiger partial charge in [-0.25, -0.2) is 0 Å². The average molecular weight is 234 g/mol. The van der Waals surface area contributed by atoms with Crippen molar-refractivity contribution in [2.75, 3.05) is 25.0 Å². The molecule has 1 aliphatic heterocycles. The van der Waals surface area contributed by atoms with Crippen molar-refractivity contribution in [1.29, 1.82) is 0 Å². The molecule has 0 fully saturated rings. The fourth-order valence-electron chi connectivity index (χ4n) is 2.15. The predicted octanol–water partition coefficient (Wildman–Crippen LogP) is 0.848. The topological polar surface area (TPSA) is 52.6 Å². The van der Waals surface area contributed by atoms with Crippen LogP contribution >= 0.6 is 0 Å². The predicted molar refractivity (Wildman–Crippen MR) is 67.1 cm³/mol. The molecule has 1 aromatic carbocycles. The second-order valence-corrected chi connectivity index (χ2v) is 4.51. The van der Waals surface area contributed by atoms with Gasteiger partial charge in [0.25, 0.3) is 0 Å². The molecule has 1 heterocycles. The number of nitrogens with one attached hydrogen (secondary N) is 1. The van der Waals surface area contributed by atoms with Crippen LogP contribution in [0.3, 0.4) is 0 Å². The Morgan fingerprint density at radius 2 is 2.35 bits per heavy atom. The molecule has 2 rings (SSSR count). The molecule has 1 amide bonds. The van der Waals surface area contributed by atoms with Crippen molar-refractivity contribution in [3.8, 4) is 0 Å². The second kappa shape index (κ2) is 4.75. The Morgan fingerprint density at radius 1 is 1.59 bits per heavy atom. The number of anilines is 1. The number of likely N-dealkylation sites (N-methyl/N-ethyl adjacent to an activating group) is 1. The molecule has 0 radical (unpaired) electrons. The van der Waals surface area contributed by atoms with Gasteiger partial charge in [-0.2, -0.15) is 0 Å². The molecule has 4 heteroatoms. The number of carbonyl (C=O) groups is 1. The maximum atomic E-state index is 10.8. The van der Waals surface area contributed by atoms with Crippen molar-refractivity contribution >= 4 is 11.6 Å². The molecule has 0 saturated carbocycles. The minimum Gasteiger partial charge on any atom is -0.387 e. The number of hydrogen-bond acceptors (Lipinski definition) is 3. The molecule has 0 bridgehead atoms. The van der Waals surface area contributed by atoms with E-state index in [0.29, 0.717) is 0 Å². The van der Waals surface area contributed by atoms with Gasteiger partial charge in [-0.3, -0.25) is 4.79 Å². The number of benzene rings is 1. The quantitative estimate of drug-likeness (QED) is 0.815. The van der Waals surface area contributed by atoms with Crippen molar-refractivity contribution in [2.24, 2.45) is 0 Å². The van der Waals surface area contributed by atoms with Crippen molar-refractivity contribution in [3.05, 3.63) is 29.3 Å². The molecule has 0 aromatic heterocycles. The monoisotopic (exact) mass is 234 g/mol. The molecular formula is C13H18N2O2. The van der Waals surface area contributed by atoms with Crippen LogP contribution in [0.25, 0.3) is 0 Å². The normalized spacial score (nSPS) is 15.6. The molecule has 92 valence electrons. The first-order valence-corrected chi connectivity index (χ1v) is 5.84. The lowest BCUT2D eigenvalue weighted by molar-refractivity contribution is -0.119. The van der Waals surface area contributed by atoms with Crippen LogP contribution in [-0.4, -0.2) is 31.2 Å². The Hall–Kier alpha value is -1.55. The van der Waals surface area contributed by atoms with Gasteiger partial charge in [0.05, 0.1) is 6.10 Å². The maximum absolute atomic E-state index is 10.8. The summed E-state index contributed by atoms with van der Waals surface area (Å²) < 4.78 is 0. The molecule has 0 aliphatic carbocycles. The smallest absolute Gasteiger partial charge is 0.216 e. The molecule has 1 atom stereocenters. The molecule has 0 saturated heterocycles. The third kappa shape index (κ3) is 2.58. The van der Waals surface area contributed by atoms with Crippen molar-refractivity contribution in [2.45, 2.75) is 19.4 Å². The lowest BCUT2D eigenvalue weighted by Crippen LogP contribution is -2.25. The van der Waals surface area contributed by atoms with Gasteiger partial charge >= 0.3 is 0 Å². The van der Waals surface area contributed by atoms with E-state index in [1.807, 2.05) is 18.2 Å². The van der Waals surface area contributed by atoms with Crippen LogP contribution in [0, 0.1) is 0 Å². The zero-order valence-corrected chi connectivity index (χ0v) is 10.2. The molecule has 1 unspecified atom stereocenters. The minimum atomic E-state index is -0.630. The molecular weight excluding hydrogens is 216 g/mol. The average Bonchev–Trinajstić information content (AvgIpc) is 2.67. The SMILES string of the molecule is CC(=O)NCC(O)c1ccc2c(c1)CCN2C. The van der Waals surface area contributed by atoms with Gasteiger partial charge in [-0.1, -0.05) is 12.1 Å². The lowest BCUT2D eigenvalue weighted by atomic mass is 10.0. The van der Waals surface area contributed by atoms with Crippen LogP contribution < -0.4 is 10.2 Å². The summed E-state index contributed by atoms with van der Waals surface area (Å²) in [6.07, 6.45) is 0.391. The maximum Gasteiger partial charge on any atom is 0.216 e. The van der Waals surface area contributed by atoms with Gasteiger partial charge in [0, 0.05) is 32.7 Å². The van der Waals surface area contributed by atoms with Crippen LogP contribution in [-0.2, 0) is 11.2 Å². The summed E-state index contributed by atoms with van der Waals surface area (Å²) in [7, 11) is 2.07. The zero-order chi connectivity index (χ0) is 12.4. The highest BCUT2D eigenvalue weighted by atomic mass is 16.3. The highest BCUT2D eigenvalue weighted by Crippen LogP contribution is 2.29. The van der Waals surface area contributed by atoms with Gasteiger partial charge in [0.1, 0.15) is 0 Å². The highest BCUT2D eigenvalue weighted by molar-refractivity contribution is 5.72. The summed E-state index contributed by atoms with van der Waals surface area (Å²) in [5, 5.41) is 12.6. The van der Waals surface area contributed by atoms with E-state index in [0.717, 1.165) is 18.5 Å². The fourth-order valence-corrected chi connectivity index (χ4v) is 2.15. The number of aliphatic hydroxyl groups is 1. The number of rotatable bonds is 3. The summed E-state index contributed by atoms with van der Waals surface area (Å²) in [5.74, 6) is -0.120. The molecule has 1 aromatic rings. The Labute approximate surface area is 101 Å². The summed E-state index contributed by atoms with van der Waals surface area (Å²) in [6.45, 7) is 2.74. The third-order valence-electron chi connectivity index (χ3n) is 3.16. The summed E-state index contributed by atoms with van der Waals surface area (Å²) in [4.78, 5) is 13.0. The minimum absolute atomic E-state index is 0.120. The standard InChI is InChI=1S/C13H18N2O2/c1-9(16)14-8-13(17)11-3-4-12-10(7-11)5-6-15(12)2/h3-4,7,13,17H,5-6,8H2,1-2H3,(H,14,16). The summed E-state index contributed by atoms with van der Waals surface area (Å²) >= 11 is 0. The molecule has 4 nitrogen and oxygen atoms in total. The Bertz CT molecular complexity index is 431. The van der Waals surface area contributed by atoms with Crippen LogP contribution in [0.5, 0.6) is 0 Å². The Balaban J connectivity index is 2.09. The highest BCUT2D eigenvalue weighted by Gasteiger charge is 2.17. The van der Waals surface area contributed by atoms with Crippen LogP contribution in [0.15, 0.2) is 18.2 Å². The van der Waals surface area contributed by atoms with E-state index in [9.17, 15) is 9.90 Å². The van der Waals surface area contributed by atoms with E-state index in [-0.39, 0.29) is 12.5 Å². The van der Waals surface area contributed by atoms with Gasteiger partial charge in [-0.05, 0) is 23.6 Å². The zero-order valence-electron chi connectivity index (χ0n) is 10.2. The van der Waals surface area contributed by atoms with Crippen molar-refractivity contribution in [1.82, 2.24) is 5.32 Å². The molecule has 1 aliphatic rings. The van der Waals surface area contributed by atoms with E-state index in [2.05, 4.69) is 17.3 Å². The third-order valence-corrected chi connectivity index (χ3v) is 3.16. The second-order valence-electron chi connectivity index (χ2n) is 4.51. The van der Waals surface area contributed by atoms with Crippen molar-refractivity contribution in [3.63, 3.8) is 0 Å². The number of fused-ring (bicyclic) bond motifs is 1. The van der Waals surface area contributed by atoms with E-state index < -0.39 is 6.10 Å². The molecule has 0 spiro atoms. The van der Waals surface area contributed by atoms with Crippen LogP contribution in [0.1, 0.15) is 24.2 Å². The van der Waals surface area contributed by atoms with Gasteiger partial charge < -0.3 is 15.3 Å². The number of nitrogens with zero attached hydrogens (tertiary/aromatic N) is 1. The number of hydrogen-bond donors (Lipinski definition) is 2. The first-order valence-electron chi connectivity index (χ1n) is 5.84. The first kappa shape index (κ1) is 11.9. The van der Waals surface area contributed by atoms with Crippen molar-refractivity contribution < 1.29 is 9.90 Å². The summed E-state index contributed by atoms with van der Waals surface area (Å²) in [6, 6.07) is 5.99. The Kier molecular flexibility index (Phi) is 3.33. The lowest BCUT2D eigenvalue weighted by Gasteiger charge is -2.15. The van der Waals surface area contributed by atoms with Crippen LogP contribution in [0.2, 0.25) is 0 Å². The number of carbonyl (C=O) groups excluding carboxylic acids is 1. The van der Waals surface area contributed by atoms with Gasteiger partial charge in [0.2, 0.25) is 5.91 Å². The van der Waals surface area contributed by atoms with E-state index in [1.54, 1.807) is 0 Å². The number of aliphatic hydroxyl groups excluding tert-OH is 1. The largest absolute Gasteiger partial charge is 0.387 e. The molecule has 2 N–H and O–H groups in total.